The van der Waals surface area contributed by atoms with Crippen molar-refractivity contribution in [3.63, 3.8) is 0 Å². The number of ketones is 1. The third-order valence-electron chi connectivity index (χ3n) is 5.18. The highest BCUT2D eigenvalue weighted by atomic mass is 35.5. The van der Waals surface area contributed by atoms with Crippen molar-refractivity contribution in [2.75, 3.05) is 6.67 Å². The zero-order valence-electron chi connectivity index (χ0n) is 18.4. The van der Waals surface area contributed by atoms with Crippen LogP contribution in [0.1, 0.15) is 25.8 Å². The van der Waals surface area contributed by atoms with Gasteiger partial charge in [0.25, 0.3) is 5.91 Å². The highest BCUT2D eigenvalue weighted by molar-refractivity contribution is 6.35. The Labute approximate surface area is 208 Å². The molecule has 1 unspecified atom stereocenters. The summed E-state index contributed by atoms with van der Waals surface area (Å²) in [5, 5.41) is 12.1. The molecule has 0 saturated heterocycles. The van der Waals surface area contributed by atoms with Crippen molar-refractivity contribution < 1.29 is 33.6 Å². The Kier molecular flexibility index (Phi) is 8.42. The van der Waals surface area contributed by atoms with E-state index >= 15 is 0 Å². The second-order valence-corrected chi connectivity index (χ2v) is 8.40. The molecular weight excluding hydrogens is 504 g/mol. The number of ether oxygens (including phenoxy) is 1. The lowest BCUT2D eigenvalue weighted by Crippen LogP contribution is -2.47. The maximum Gasteiger partial charge on any atom is 0.345 e. The average molecular weight is 525 g/mol. The van der Waals surface area contributed by atoms with Gasteiger partial charge >= 0.3 is 11.5 Å². The largest absolute Gasteiger partial charge is 0.481 e. The van der Waals surface area contributed by atoms with Gasteiger partial charge in [-0.05, 0) is 36.8 Å². The number of carboxylic acids is 1. The zero-order chi connectivity index (χ0) is 25.7. The molecule has 3 N–H and O–H groups in total. The van der Waals surface area contributed by atoms with E-state index in [1.54, 1.807) is 31.2 Å². The molecule has 0 fully saturated rings. The number of benzene rings is 2. The first kappa shape index (κ1) is 26.1. The Morgan fingerprint density at radius 2 is 1.94 bits per heavy atom. The number of hydrogen-bond acceptors (Lipinski definition) is 5. The van der Waals surface area contributed by atoms with Crippen molar-refractivity contribution >= 4 is 51.8 Å². The maximum atomic E-state index is 13.2. The smallest absolute Gasteiger partial charge is 0.345 e. The highest BCUT2D eigenvalue weighted by Gasteiger charge is 2.31. The van der Waals surface area contributed by atoms with Crippen LogP contribution in [0.3, 0.4) is 0 Å². The number of carbonyl (C=O) groups is 3. The third-order valence-corrected chi connectivity index (χ3v) is 5.71. The molecule has 9 nitrogen and oxygen atoms in total. The van der Waals surface area contributed by atoms with Crippen LogP contribution in [0.2, 0.25) is 10.0 Å². The lowest BCUT2D eigenvalue weighted by atomic mass is 10.1. The summed E-state index contributed by atoms with van der Waals surface area (Å²) in [7, 11) is 0. The predicted molar refractivity (Wildman–Crippen MR) is 126 cm³/mol. The summed E-state index contributed by atoms with van der Waals surface area (Å²) in [4.78, 5) is 51.8. The Morgan fingerprint density at radius 1 is 1.20 bits per heavy atom. The lowest BCUT2D eigenvalue weighted by Gasteiger charge is -2.18. The number of hydrogen-bond donors (Lipinski definition) is 2. The average Bonchev–Trinajstić information content (AvgIpc) is 2.81. The van der Waals surface area contributed by atoms with Crippen molar-refractivity contribution in [1.29, 1.82) is 0 Å². The summed E-state index contributed by atoms with van der Waals surface area (Å²) in [6.45, 7) is 0.200. The molecule has 0 radical (unpaired) electrons. The second kappa shape index (κ2) is 11.3. The highest BCUT2D eigenvalue weighted by Crippen LogP contribution is 2.32. The van der Waals surface area contributed by atoms with Crippen molar-refractivity contribution in [2.24, 2.45) is 0 Å². The normalized spacial score (nSPS) is 12.7. The summed E-state index contributed by atoms with van der Waals surface area (Å²) in [6.07, 6.45) is 0.654. The van der Waals surface area contributed by atoms with Crippen molar-refractivity contribution in [1.82, 2.24) is 9.88 Å². The number of fused-ring (bicyclic) bond motifs is 1. The van der Waals surface area contributed by atoms with Crippen molar-refractivity contribution in [3.05, 3.63) is 63.1 Å². The number of rotatable bonds is 10. The van der Waals surface area contributed by atoms with Gasteiger partial charge in [-0.2, -0.15) is 4.57 Å². The maximum absolute atomic E-state index is 13.2. The molecule has 0 aliphatic rings. The quantitative estimate of drug-likeness (QED) is 0.418. The number of aromatic amines is 1. The first-order valence-corrected chi connectivity index (χ1v) is 11.2. The molecular formula is C23H21Cl2FN3O6+. The molecule has 0 aliphatic carbocycles. The van der Waals surface area contributed by atoms with Gasteiger partial charge in [0, 0.05) is 11.1 Å². The van der Waals surface area contributed by atoms with Gasteiger partial charge < -0.3 is 15.2 Å². The van der Waals surface area contributed by atoms with Gasteiger partial charge in [0.1, 0.15) is 35.1 Å². The second-order valence-electron chi connectivity index (χ2n) is 7.55. The number of H-pyrrole nitrogens is 1. The van der Waals surface area contributed by atoms with Gasteiger partial charge in [0.05, 0.1) is 11.4 Å². The van der Waals surface area contributed by atoms with Crippen LogP contribution in [0.15, 0.2) is 47.5 Å². The minimum atomic E-state index is -1.55. The van der Waals surface area contributed by atoms with Gasteiger partial charge in [-0.15, -0.1) is 0 Å². The number of aliphatic carboxylic acids is 1. The number of halogens is 3. The molecule has 3 aromatic rings. The van der Waals surface area contributed by atoms with Gasteiger partial charge in [-0.25, -0.2) is 14.2 Å². The summed E-state index contributed by atoms with van der Waals surface area (Å²) in [5.74, 6) is -2.62. The summed E-state index contributed by atoms with van der Waals surface area (Å²) in [6, 6.07) is 6.75. The van der Waals surface area contributed by atoms with Crippen molar-refractivity contribution in [2.45, 2.75) is 31.8 Å². The third kappa shape index (κ3) is 6.14. The number of amides is 1. The SMILES string of the molecule is CC[C@@H](C(=O)NC(CC(=O)O)C(=O)CF)n1c[nH+]c2ccc(Oc3ccc(Cl)cc3Cl)cc2c1=O. The molecule has 2 atom stereocenters. The molecule has 1 heterocycles. The van der Waals surface area contributed by atoms with Crippen LogP contribution >= 0.6 is 23.2 Å². The Hall–Kier alpha value is -3.50. The van der Waals surface area contributed by atoms with E-state index in [2.05, 4.69) is 10.3 Å². The standard InChI is InChI=1S/C23H20Cl2FN3O6/c1-2-18(22(33)28-17(9-21(31)32)19(30)10-26)29-11-27-16-5-4-13(8-14(16)23(29)34)35-20-6-3-12(24)7-15(20)25/h3-8,11,17-18H,2,9-10H2,1H3,(H,28,33)(H,31,32)/p+1/t17?,18-/m0/s1. The van der Waals surface area contributed by atoms with E-state index in [4.69, 9.17) is 33.0 Å². The molecule has 1 amide bonds. The Morgan fingerprint density at radius 3 is 2.57 bits per heavy atom. The van der Waals surface area contributed by atoms with Crippen LogP contribution in [-0.2, 0) is 14.4 Å². The van der Waals surface area contributed by atoms with E-state index in [0.717, 1.165) is 4.57 Å². The Bertz CT molecular complexity index is 1350. The lowest BCUT2D eigenvalue weighted by molar-refractivity contribution is -0.353. The number of Topliss-reactive ketones (excluding diaryl/α,β-unsaturated/α-hetero) is 1. The van der Waals surface area contributed by atoms with E-state index in [-0.39, 0.29) is 16.8 Å². The summed E-state index contributed by atoms with van der Waals surface area (Å²) in [5.41, 5.74) is -0.0765. The predicted octanol–water partition coefficient (Wildman–Crippen LogP) is 3.36. The molecule has 3 rings (SSSR count). The minimum absolute atomic E-state index is 0.130. The van der Waals surface area contributed by atoms with Gasteiger partial charge in [-0.1, -0.05) is 30.1 Å². The Balaban J connectivity index is 1.94. The number of alkyl halides is 1. The molecule has 0 aliphatic heterocycles. The summed E-state index contributed by atoms with van der Waals surface area (Å²) >= 11 is 12.0. The van der Waals surface area contributed by atoms with Crippen molar-refractivity contribution in [3.8, 4) is 11.5 Å². The molecule has 12 heteroatoms. The molecule has 0 bridgehead atoms. The first-order chi connectivity index (χ1) is 16.6. The number of nitrogens with zero attached hydrogens (tertiary/aromatic N) is 1. The van der Waals surface area contributed by atoms with Gasteiger partial charge in [-0.3, -0.25) is 14.4 Å². The number of carbonyl (C=O) groups excluding carboxylic acids is 2. The molecule has 1 aromatic heterocycles. The van der Waals surface area contributed by atoms with Gasteiger partial charge in [0.15, 0.2) is 11.8 Å². The minimum Gasteiger partial charge on any atom is -0.481 e. The van der Waals surface area contributed by atoms with Crippen LogP contribution < -0.4 is 20.6 Å². The van der Waals surface area contributed by atoms with E-state index in [0.29, 0.717) is 22.0 Å². The monoisotopic (exact) mass is 524 g/mol. The number of carboxylic acid groups (broad SMARTS) is 1. The fourth-order valence-electron chi connectivity index (χ4n) is 3.43. The van der Waals surface area contributed by atoms with Crippen LogP contribution in [0.25, 0.3) is 10.9 Å². The van der Waals surface area contributed by atoms with E-state index in [1.165, 1.54) is 18.5 Å². The van der Waals surface area contributed by atoms with Crippen LogP contribution in [0.5, 0.6) is 11.5 Å². The summed E-state index contributed by atoms with van der Waals surface area (Å²) < 4.78 is 19.7. The molecule has 0 saturated carbocycles. The number of nitrogens with one attached hydrogen (secondary N) is 2. The number of aromatic nitrogens is 2. The van der Waals surface area contributed by atoms with E-state index in [1.807, 2.05) is 0 Å². The van der Waals surface area contributed by atoms with Gasteiger partial charge in [0.2, 0.25) is 6.33 Å². The molecule has 0 spiro atoms. The topological polar surface area (TPSA) is 129 Å². The molecule has 35 heavy (non-hydrogen) atoms. The molecule has 184 valence electrons. The fraction of sp³-hybridized carbons (Fsp3) is 0.261. The fourth-order valence-corrected chi connectivity index (χ4v) is 3.88. The first-order valence-electron chi connectivity index (χ1n) is 10.4. The molecule has 2 aromatic carbocycles. The van der Waals surface area contributed by atoms with E-state index < -0.39 is 48.4 Å². The van der Waals surface area contributed by atoms with E-state index in [9.17, 15) is 23.6 Å². The van der Waals surface area contributed by atoms with Crippen LogP contribution in [0.4, 0.5) is 4.39 Å². The van der Waals surface area contributed by atoms with Crippen LogP contribution in [-0.4, -0.2) is 40.0 Å². The zero-order valence-corrected chi connectivity index (χ0v) is 19.9. The van der Waals surface area contributed by atoms with Crippen LogP contribution in [0, 0.1) is 0 Å².